The van der Waals surface area contributed by atoms with Crippen molar-refractivity contribution in [3.8, 4) is 6.07 Å². The van der Waals surface area contributed by atoms with Gasteiger partial charge in [0, 0.05) is 23.7 Å². The average molecular weight is 358 g/mol. The number of ether oxygens (including phenoxy) is 1. The highest BCUT2D eigenvalue weighted by Crippen LogP contribution is 2.24. The molecule has 0 bridgehead atoms. The topological polar surface area (TPSA) is 79.2 Å². The quantitative estimate of drug-likeness (QED) is 0.534. The van der Waals surface area contributed by atoms with Gasteiger partial charge in [0.15, 0.2) is 11.7 Å². The highest BCUT2D eigenvalue weighted by atomic mass is 16.5. The minimum absolute atomic E-state index is 0.309. The highest BCUT2D eigenvalue weighted by Gasteiger charge is 2.28. The monoisotopic (exact) mass is 358 g/mol. The zero-order valence-corrected chi connectivity index (χ0v) is 14.8. The predicted molar refractivity (Wildman–Crippen MR) is 103 cm³/mol. The van der Waals surface area contributed by atoms with Gasteiger partial charge >= 0.3 is 0 Å². The lowest BCUT2D eigenvalue weighted by molar-refractivity contribution is -0.117. The number of amides is 1. The fraction of sp³-hybridized carbons (Fsp3) is 0.136. The van der Waals surface area contributed by atoms with Crippen molar-refractivity contribution in [2.24, 2.45) is 5.92 Å². The number of nitrogens with zero attached hydrogens (tertiary/aromatic N) is 1. The van der Waals surface area contributed by atoms with E-state index in [-0.39, 0.29) is 0 Å². The third-order valence-corrected chi connectivity index (χ3v) is 4.22. The van der Waals surface area contributed by atoms with Crippen LogP contribution in [0.2, 0.25) is 0 Å². The predicted octanol–water partition coefficient (Wildman–Crippen LogP) is 3.95. The molecule has 0 heterocycles. The van der Waals surface area contributed by atoms with Crippen LogP contribution in [0.15, 0.2) is 66.7 Å². The second-order valence-corrected chi connectivity index (χ2v) is 6.08. The Hall–Kier alpha value is -3.49. The average Bonchev–Trinajstić information content (AvgIpc) is 2.69. The van der Waals surface area contributed by atoms with Crippen molar-refractivity contribution in [1.82, 2.24) is 0 Å². The minimum Gasteiger partial charge on any atom is -0.380 e. The first-order valence-corrected chi connectivity index (χ1v) is 8.44. The Morgan fingerprint density at radius 2 is 1.81 bits per heavy atom. The van der Waals surface area contributed by atoms with Gasteiger partial charge < -0.3 is 10.1 Å². The normalized spacial score (nSPS) is 11.6. The summed E-state index contributed by atoms with van der Waals surface area (Å²) in [5.74, 6) is -2.61. The summed E-state index contributed by atoms with van der Waals surface area (Å²) < 4.78 is 5.06. The van der Waals surface area contributed by atoms with E-state index < -0.39 is 17.6 Å². The van der Waals surface area contributed by atoms with Crippen molar-refractivity contribution in [1.29, 1.82) is 5.26 Å². The smallest absolute Gasteiger partial charge is 0.249 e. The van der Waals surface area contributed by atoms with Crippen LogP contribution in [-0.2, 0) is 16.1 Å². The van der Waals surface area contributed by atoms with Gasteiger partial charge in [0.2, 0.25) is 5.91 Å². The van der Waals surface area contributed by atoms with E-state index in [1.54, 1.807) is 31.4 Å². The fourth-order valence-corrected chi connectivity index (χ4v) is 2.92. The molecule has 1 amide bonds. The summed E-state index contributed by atoms with van der Waals surface area (Å²) in [7, 11) is 1.56. The van der Waals surface area contributed by atoms with Gasteiger partial charge in [-0.1, -0.05) is 54.6 Å². The van der Waals surface area contributed by atoms with E-state index in [4.69, 9.17) is 4.74 Å². The van der Waals surface area contributed by atoms with Crippen LogP contribution < -0.4 is 5.32 Å². The largest absolute Gasteiger partial charge is 0.380 e. The summed E-state index contributed by atoms with van der Waals surface area (Å²) in [6.07, 6.45) is 0. The molecule has 0 spiro atoms. The number of carbonyl (C=O) groups excluding carboxylic acids is 2. The maximum atomic E-state index is 12.7. The molecule has 1 atom stereocenters. The van der Waals surface area contributed by atoms with E-state index in [1.807, 2.05) is 48.5 Å². The molecule has 0 aliphatic carbocycles. The maximum absolute atomic E-state index is 12.7. The lowest BCUT2D eigenvalue weighted by Crippen LogP contribution is -2.28. The molecule has 3 aromatic rings. The summed E-state index contributed by atoms with van der Waals surface area (Å²) in [6.45, 7) is 0.348. The summed E-state index contributed by atoms with van der Waals surface area (Å²) in [5.41, 5.74) is 1.68. The Kier molecular flexibility index (Phi) is 5.60. The van der Waals surface area contributed by atoms with Crippen LogP contribution in [0.4, 0.5) is 5.69 Å². The van der Waals surface area contributed by atoms with E-state index in [9.17, 15) is 14.9 Å². The van der Waals surface area contributed by atoms with Gasteiger partial charge in [-0.25, -0.2) is 0 Å². The molecule has 1 unspecified atom stereocenters. The van der Waals surface area contributed by atoms with Gasteiger partial charge in [-0.15, -0.1) is 0 Å². The second-order valence-electron chi connectivity index (χ2n) is 6.08. The summed E-state index contributed by atoms with van der Waals surface area (Å²) >= 11 is 0. The van der Waals surface area contributed by atoms with E-state index in [0.29, 0.717) is 17.9 Å². The van der Waals surface area contributed by atoms with Crippen LogP contribution in [-0.4, -0.2) is 18.8 Å². The van der Waals surface area contributed by atoms with Gasteiger partial charge in [0.25, 0.3) is 0 Å². The number of ketones is 1. The third kappa shape index (κ3) is 4.02. The number of benzene rings is 3. The molecule has 27 heavy (non-hydrogen) atoms. The molecule has 0 aliphatic heterocycles. The Morgan fingerprint density at radius 1 is 1.07 bits per heavy atom. The molecule has 1 N–H and O–H groups in total. The van der Waals surface area contributed by atoms with Crippen LogP contribution in [0.5, 0.6) is 0 Å². The molecule has 0 radical (unpaired) electrons. The van der Waals surface area contributed by atoms with Crippen molar-refractivity contribution in [3.63, 3.8) is 0 Å². The van der Waals surface area contributed by atoms with Crippen LogP contribution in [0.25, 0.3) is 10.8 Å². The molecule has 0 saturated carbocycles. The standard InChI is InChI=1S/C22H18N2O3/c1-27-14-15-6-4-9-17(12-15)21(25)19(13-23)22(26)24-20-11-5-8-16-7-2-3-10-18(16)20/h2-12,19H,14H2,1H3,(H,24,26). The minimum atomic E-state index is -1.43. The molecule has 134 valence electrons. The third-order valence-electron chi connectivity index (χ3n) is 4.22. The molecule has 0 aliphatic rings. The summed E-state index contributed by atoms with van der Waals surface area (Å²) in [6, 6.07) is 21.7. The first-order chi connectivity index (χ1) is 13.1. The molecular weight excluding hydrogens is 340 g/mol. The fourth-order valence-electron chi connectivity index (χ4n) is 2.92. The van der Waals surface area contributed by atoms with Crippen molar-refractivity contribution < 1.29 is 14.3 Å². The molecule has 0 aromatic heterocycles. The highest BCUT2D eigenvalue weighted by molar-refractivity contribution is 6.17. The molecule has 0 fully saturated rings. The number of hydrogen-bond acceptors (Lipinski definition) is 4. The van der Waals surface area contributed by atoms with Crippen molar-refractivity contribution in [2.75, 3.05) is 12.4 Å². The maximum Gasteiger partial charge on any atom is 0.249 e. The van der Waals surface area contributed by atoms with E-state index >= 15 is 0 Å². The molecule has 5 heteroatoms. The second kappa shape index (κ2) is 8.26. The van der Waals surface area contributed by atoms with Crippen molar-refractivity contribution in [2.45, 2.75) is 6.61 Å². The number of anilines is 1. The molecule has 0 saturated heterocycles. The molecule has 3 aromatic carbocycles. The van der Waals surface area contributed by atoms with Gasteiger partial charge in [-0.05, 0) is 23.1 Å². The number of nitrogens with one attached hydrogen (secondary N) is 1. The van der Waals surface area contributed by atoms with Crippen LogP contribution >= 0.6 is 0 Å². The number of Topliss-reactive ketones (excluding diaryl/α,β-unsaturated/α-hetero) is 1. The molecule has 3 rings (SSSR count). The van der Waals surface area contributed by atoms with Gasteiger partial charge in [0.1, 0.15) is 0 Å². The van der Waals surface area contributed by atoms with Gasteiger partial charge in [-0.3, -0.25) is 9.59 Å². The number of carbonyl (C=O) groups is 2. The Labute approximate surface area is 157 Å². The summed E-state index contributed by atoms with van der Waals surface area (Å²) in [4.78, 5) is 25.3. The van der Waals surface area contributed by atoms with Crippen LogP contribution in [0.3, 0.4) is 0 Å². The molecule has 5 nitrogen and oxygen atoms in total. The first-order valence-electron chi connectivity index (χ1n) is 8.44. The number of rotatable bonds is 6. The Bertz CT molecular complexity index is 1030. The zero-order valence-electron chi connectivity index (χ0n) is 14.8. The van der Waals surface area contributed by atoms with E-state index in [0.717, 1.165) is 16.3 Å². The lowest BCUT2D eigenvalue weighted by Gasteiger charge is -2.12. The number of hydrogen-bond donors (Lipinski definition) is 1. The Balaban J connectivity index is 1.85. The van der Waals surface area contributed by atoms with Gasteiger partial charge in [-0.2, -0.15) is 5.26 Å². The number of nitriles is 1. The van der Waals surface area contributed by atoms with Crippen molar-refractivity contribution >= 4 is 28.2 Å². The SMILES string of the molecule is COCc1cccc(C(=O)C(C#N)C(=O)Nc2cccc3ccccc23)c1. The van der Waals surface area contributed by atoms with E-state index in [2.05, 4.69) is 5.32 Å². The number of methoxy groups -OCH3 is 1. The molecular formula is C22H18N2O3. The first kappa shape index (κ1) is 18.3. The van der Waals surface area contributed by atoms with E-state index in [1.165, 1.54) is 0 Å². The number of fused-ring (bicyclic) bond motifs is 1. The van der Waals surface area contributed by atoms with Crippen LogP contribution in [0.1, 0.15) is 15.9 Å². The van der Waals surface area contributed by atoms with Crippen molar-refractivity contribution in [3.05, 3.63) is 77.9 Å². The lowest BCUT2D eigenvalue weighted by atomic mass is 9.96. The Morgan fingerprint density at radius 3 is 2.59 bits per heavy atom. The van der Waals surface area contributed by atoms with Gasteiger partial charge in [0.05, 0.1) is 12.7 Å². The zero-order chi connectivity index (χ0) is 19.2. The summed E-state index contributed by atoms with van der Waals surface area (Å²) in [5, 5.41) is 14.0. The van der Waals surface area contributed by atoms with Crippen LogP contribution in [0, 0.1) is 17.2 Å².